The first kappa shape index (κ1) is 8.73. The number of nitrogens with one attached hydrogen (secondary N) is 1. The number of nitrogens with zero attached hydrogens (tertiary/aromatic N) is 2. The average molecular weight is 188 g/mol. The van der Waals surface area contributed by atoms with Gasteiger partial charge in [0.2, 0.25) is 5.28 Å². The molecule has 1 heterocycles. The highest BCUT2D eigenvalue weighted by atomic mass is 35.5. The van der Waals surface area contributed by atoms with Gasteiger partial charge in [-0.3, -0.25) is 0 Å². The molecule has 0 saturated heterocycles. The van der Waals surface area contributed by atoms with Crippen molar-refractivity contribution in [3.05, 3.63) is 17.0 Å². The standard InChI is InChI=1S/C6H6ClN3O2/c1-8-4-3(5(11)12)2-9-6(7)10-4/h2H,1H3,(H,11,12)(H,8,9,10). The number of halogens is 1. The molecule has 0 aliphatic heterocycles. The zero-order valence-electron chi connectivity index (χ0n) is 6.21. The lowest BCUT2D eigenvalue weighted by molar-refractivity contribution is 0.0697. The lowest BCUT2D eigenvalue weighted by Crippen LogP contribution is -2.05. The molecule has 5 nitrogen and oxygen atoms in total. The molecule has 0 saturated carbocycles. The number of aromatic carboxylic acids is 1. The Labute approximate surface area is 73.4 Å². The van der Waals surface area contributed by atoms with Crippen molar-refractivity contribution in [1.29, 1.82) is 0 Å². The van der Waals surface area contributed by atoms with Crippen LogP contribution in [0.15, 0.2) is 6.20 Å². The van der Waals surface area contributed by atoms with Crippen LogP contribution >= 0.6 is 11.6 Å². The summed E-state index contributed by atoms with van der Waals surface area (Å²) in [4.78, 5) is 17.7. The Morgan fingerprint density at radius 3 is 2.92 bits per heavy atom. The zero-order chi connectivity index (χ0) is 9.14. The maximum Gasteiger partial charge on any atom is 0.341 e. The Balaban J connectivity index is 3.20. The second kappa shape index (κ2) is 3.36. The highest BCUT2D eigenvalue weighted by Crippen LogP contribution is 2.12. The maximum atomic E-state index is 10.5. The summed E-state index contributed by atoms with van der Waals surface area (Å²) < 4.78 is 0. The molecule has 0 atom stereocenters. The third-order valence-electron chi connectivity index (χ3n) is 1.23. The highest BCUT2D eigenvalue weighted by Gasteiger charge is 2.10. The minimum absolute atomic E-state index is 0.00176. The molecule has 0 aromatic carbocycles. The van der Waals surface area contributed by atoms with Gasteiger partial charge in [-0.15, -0.1) is 0 Å². The normalized spacial score (nSPS) is 9.50. The summed E-state index contributed by atoms with van der Waals surface area (Å²) in [6.07, 6.45) is 1.16. The summed E-state index contributed by atoms with van der Waals surface area (Å²) in [5, 5.41) is 11.2. The van der Waals surface area contributed by atoms with E-state index >= 15 is 0 Å². The first-order chi connectivity index (χ1) is 5.65. The van der Waals surface area contributed by atoms with E-state index in [-0.39, 0.29) is 16.7 Å². The topological polar surface area (TPSA) is 75.1 Å². The molecule has 6 heteroatoms. The van der Waals surface area contributed by atoms with Crippen LogP contribution < -0.4 is 5.32 Å². The van der Waals surface area contributed by atoms with E-state index in [9.17, 15) is 4.79 Å². The van der Waals surface area contributed by atoms with E-state index < -0.39 is 5.97 Å². The van der Waals surface area contributed by atoms with Crippen molar-refractivity contribution in [1.82, 2.24) is 9.97 Å². The SMILES string of the molecule is CNc1nc(Cl)ncc1C(=O)O. The van der Waals surface area contributed by atoms with Gasteiger partial charge in [0.15, 0.2) is 0 Å². The Hall–Kier alpha value is -1.36. The van der Waals surface area contributed by atoms with Crippen molar-refractivity contribution in [2.24, 2.45) is 0 Å². The molecule has 64 valence electrons. The Morgan fingerprint density at radius 1 is 1.75 bits per heavy atom. The highest BCUT2D eigenvalue weighted by molar-refractivity contribution is 6.28. The number of aromatic nitrogens is 2. The number of anilines is 1. The van der Waals surface area contributed by atoms with Crippen molar-refractivity contribution in [3.8, 4) is 0 Å². The second-order valence-corrected chi connectivity index (χ2v) is 2.29. The third kappa shape index (κ3) is 1.62. The molecular formula is C6H6ClN3O2. The van der Waals surface area contributed by atoms with Crippen LogP contribution in [0.1, 0.15) is 10.4 Å². The molecule has 1 aromatic rings. The van der Waals surface area contributed by atoms with Gasteiger partial charge in [-0.25, -0.2) is 9.78 Å². The minimum atomic E-state index is -1.09. The molecule has 0 bridgehead atoms. The minimum Gasteiger partial charge on any atom is -0.477 e. The van der Waals surface area contributed by atoms with Gasteiger partial charge in [-0.1, -0.05) is 0 Å². The van der Waals surface area contributed by atoms with Crippen LogP contribution in [0.25, 0.3) is 0 Å². The summed E-state index contributed by atoms with van der Waals surface area (Å²) in [5.41, 5.74) is 0.00176. The van der Waals surface area contributed by atoms with Gasteiger partial charge in [0.25, 0.3) is 0 Å². The van der Waals surface area contributed by atoms with Gasteiger partial charge < -0.3 is 10.4 Å². The van der Waals surface area contributed by atoms with Crippen molar-refractivity contribution in [3.63, 3.8) is 0 Å². The molecule has 1 rings (SSSR count). The van der Waals surface area contributed by atoms with Crippen LogP contribution in [-0.4, -0.2) is 28.1 Å². The molecule has 12 heavy (non-hydrogen) atoms. The van der Waals surface area contributed by atoms with E-state index in [4.69, 9.17) is 16.7 Å². The Morgan fingerprint density at radius 2 is 2.42 bits per heavy atom. The molecule has 0 aliphatic rings. The molecule has 0 amide bonds. The van der Waals surface area contributed by atoms with Crippen molar-refractivity contribution >= 4 is 23.4 Å². The summed E-state index contributed by atoms with van der Waals surface area (Å²) in [6.45, 7) is 0. The number of carboxylic acids is 1. The number of carboxylic acid groups (broad SMARTS) is 1. The fraction of sp³-hybridized carbons (Fsp3) is 0.167. The van der Waals surface area contributed by atoms with Crippen LogP contribution in [0.3, 0.4) is 0 Å². The monoisotopic (exact) mass is 187 g/mol. The predicted molar refractivity (Wildman–Crippen MR) is 43.5 cm³/mol. The van der Waals surface area contributed by atoms with Crippen LogP contribution in [0, 0.1) is 0 Å². The molecule has 0 fully saturated rings. The van der Waals surface area contributed by atoms with Crippen LogP contribution in [0.4, 0.5) is 5.82 Å². The summed E-state index contributed by atoms with van der Waals surface area (Å²) in [6, 6.07) is 0. The van der Waals surface area contributed by atoms with E-state index in [0.29, 0.717) is 0 Å². The summed E-state index contributed by atoms with van der Waals surface area (Å²) in [5.74, 6) is -0.876. The first-order valence-corrected chi connectivity index (χ1v) is 3.46. The number of hydrogen-bond donors (Lipinski definition) is 2. The van der Waals surface area contributed by atoms with Crippen molar-refractivity contribution in [2.75, 3.05) is 12.4 Å². The van der Waals surface area contributed by atoms with E-state index in [2.05, 4.69) is 15.3 Å². The summed E-state index contributed by atoms with van der Waals surface area (Å²) >= 11 is 5.45. The fourth-order valence-electron chi connectivity index (χ4n) is 0.707. The smallest absolute Gasteiger partial charge is 0.341 e. The van der Waals surface area contributed by atoms with Gasteiger partial charge >= 0.3 is 5.97 Å². The summed E-state index contributed by atoms with van der Waals surface area (Å²) in [7, 11) is 1.56. The lowest BCUT2D eigenvalue weighted by Gasteiger charge is -2.02. The Kier molecular flexibility index (Phi) is 2.44. The number of rotatable bonds is 2. The number of hydrogen-bond acceptors (Lipinski definition) is 4. The largest absolute Gasteiger partial charge is 0.477 e. The number of carbonyl (C=O) groups is 1. The average Bonchev–Trinajstić information content (AvgIpc) is 2.03. The predicted octanol–water partition coefficient (Wildman–Crippen LogP) is 0.870. The molecule has 0 unspecified atom stereocenters. The molecule has 0 aliphatic carbocycles. The van der Waals surface area contributed by atoms with Gasteiger partial charge in [-0.2, -0.15) is 4.98 Å². The van der Waals surface area contributed by atoms with Crippen molar-refractivity contribution < 1.29 is 9.90 Å². The van der Waals surface area contributed by atoms with Gasteiger partial charge in [0, 0.05) is 13.2 Å². The van der Waals surface area contributed by atoms with Gasteiger partial charge in [0.1, 0.15) is 11.4 Å². The van der Waals surface area contributed by atoms with Crippen LogP contribution in [0.5, 0.6) is 0 Å². The fourth-order valence-corrected chi connectivity index (χ4v) is 0.841. The van der Waals surface area contributed by atoms with Crippen LogP contribution in [-0.2, 0) is 0 Å². The van der Waals surface area contributed by atoms with E-state index in [0.717, 1.165) is 6.20 Å². The molecule has 0 spiro atoms. The lowest BCUT2D eigenvalue weighted by atomic mass is 10.3. The zero-order valence-corrected chi connectivity index (χ0v) is 6.96. The maximum absolute atomic E-state index is 10.5. The van der Waals surface area contributed by atoms with Gasteiger partial charge in [0.05, 0.1) is 0 Å². The molecule has 2 N–H and O–H groups in total. The van der Waals surface area contributed by atoms with Crippen LogP contribution in [0.2, 0.25) is 5.28 Å². The molecule has 0 radical (unpaired) electrons. The third-order valence-corrected chi connectivity index (χ3v) is 1.41. The van der Waals surface area contributed by atoms with E-state index in [1.807, 2.05) is 0 Å². The van der Waals surface area contributed by atoms with E-state index in [1.165, 1.54) is 0 Å². The first-order valence-electron chi connectivity index (χ1n) is 3.08. The molecule has 1 aromatic heterocycles. The van der Waals surface area contributed by atoms with E-state index in [1.54, 1.807) is 7.05 Å². The second-order valence-electron chi connectivity index (χ2n) is 1.96. The van der Waals surface area contributed by atoms with Gasteiger partial charge in [-0.05, 0) is 11.6 Å². The quantitative estimate of drug-likeness (QED) is 0.672. The Bertz CT molecular complexity index is 316. The molecular weight excluding hydrogens is 182 g/mol. The van der Waals surface area contributed by atoms with Crippen molar-refractivity contribution in [2.45, 2.75) is 0 Å².